The van der Waals surface area contributed by atoms with Gasteiger partial charge in [-0.15, -0.1) is 0 Å². The van der Waals surface area contributed by atoms with Crippen LogP contribution in [0, 0.1) is 11.8 Å². The predicted molar refractivity (Wildman–Crippen MR) is 153 cm³/mol. The van der Waals surface area contributed by atoms with Crippen LogP contribution >= 0.6 is 0 Å². The van der Waals surface area contributed by atoms with E-state index in [0.717, 1.165) is 56.1 Å². The van der Waals surface area contributed by atoms with Gasteiger partial charge in [0, 0.05) is 49.7 Å². The van der Waals surface area contributed by atoms with Crippen molar-refractivity contribution in [1.82, 2.24) is 24.7 Å². The molecule has 1 N–H and O–H groups in total. The summed E-state index contributed by atoms with van der Waals surface area (Å²) >= 11 is 0. The first-order chi connectivity index (χ1) is 19.5. The number of aliphatic hydroxyl groups excluding tert-OH is 1. The van der Waals surface area contributed by atoms with E-state index in [4.69, 9.17) is 9.40 Å². The number of aryl methyl sites for hydroxylation is 1. The molecule has 40 heavy (non-hydrogen) atoms. The molecule has 208 valence electrons. The number of hydrogen-bond donors (Lipinski definition) is 1. The quantitative estimate of drug-likeness (QED) is 0.368. The Morgan fingerprint density at radius 3 is 2.83 bits per heavy atom. The molecule has 2 atom stereocenters. The van der Waals surface area contributed by atoms with Crippen molar-refractivity contribution in [3.63, 3.8) is 0 Å². The van der Waals surface area contributed by atoms with Crippen molar-refractivity contribution in [1.29, 1.82) is 0 Å². The van der Waals surface area contributed by atoms with Gasteiger partial charge in [-0.2, -0.15) is 5.10 Å². The van der Waals surface area contributed by atoms with Crippen molar-refractivity contribution < 1.29 is 14.3 Å². The summed E-state index contributed by atoms with van der Waals surface area (Å²) in [5.74, 6) is 1.19. The summed E-state index contributed by atoms with van der Waals surface area (Å²) in [5, 5.41) is 15.8. The molecule has 0 radical (unpaired) electrons. The molecule has 2 unspecified atom stereocenters. The zero-order valence-electron chi connectivity index (χ0n) is 22.8. The van der Waals surface area contributed by atoms with Crippen molar-refractivity contribution in [3.05, 3.63) is 60.8 Å². The van der Waals surface area contributed by atoms with Gasteiger partial charge in [0.15, 0.2) is 5.82 Å². The van der Waals surface area contributed by atoms with Crippen molar-refractivity contribution in [3.8, 4) is 0 Å². The van der Waals surface area contributed by atoms with E-state index in [0.29, 0.717) is 36.3 Å². The first-order valence-electron chi connectivity index (χ1n) is 14.1. The van der Waals surface area contributed by atoms with Gasteiger partial charge in [-0.25, -0.2) is 9.97 Å². The minimum Gasteiger partial charge on any atom is -0.445 e. The van der Waals surface area contributed by atoms with E-state index in [1.807, 2.05) is 22.8 Å². The molecule has 1 saturated carbocycles. The number of piperidine rings is 1. The summed E-state index contributed by atoms with van der Waals surface area (Å²) in [5.41, 5.74) is 2.96. The highest BCUT2D eigenvalue weighted by molar-refractivity contribution is 5.94. The Morgan fingerprint density at radius 1 is 1.15 bits per heavy atom. The van der Waals surface area contributed by atoms with E-state index in [2.05, 4.69) is 38.2 Å². The molecule has 1 aliphatic carbocycles. The molecule has 3 aromatic heterocycles. The van der Waals surface area contributed by atoms with E-state index < -0.39 is 6.10 Å². The van der Waals surface area contributed by atoms with Gasteiger partial charge in [0.1, 0.15) is 6.26 Å². The first-order valence-corrected chi connectivity index (χ1v) is 14.1. The van der Waals surface area contributed by atoms with Gasteiger partial charge in [0.25, 0.3) is 0 Å². The fraction of sp³-hybridized carbons (Fsp3) is 0.433. The number of carbonyl (C=O) groups excluding carboxylic acids is 1. The third-order valence-electron chi connectivity index (χ3n) is 8.18. The zero-order valence-corrected chi connectivity index (χ0v) is 22.8. The average molecular weight is 542 g/mol. The Morgan fingerprint density at radius 2 is 2.02 bits per heavy atom. The lowest BCUT2D eigenvalue weighted by atomic mass is 9.86. The van der Waals surface area contributed by atoms with Crippen molar-refractivity contribution in [2.24, 2.45) is 18.9 Å². The van der Waals surface area contributed by atoms with Crippen LogP contribution in [0.1, 0.15) is 50.1 Å². The molecule has 1 aromatic carbocycles. The maximum absolute atomic E-state index is 13.9. The van der Waals surface area contributed by atoms with Crippen LogP contribution in [0.3, 0.4) is 0 Å². The van der Waals surface area contributed by atoms with E-state index in [-0.39, 0.29) is 11.8 Å². The van der Waals surface area contributed by atoms with E-state index in [9.17, 15) is 9.90 Å². The Balaban J connectivity index is 1.18. The van der Waals surface area contributed by atoms with Crippen molar-refractivity contribution in [2.45, 2.75) is 44.6 Å². The second kappa shape index (κ2) is 11.6. The van der Waals surface area contributed by atoms with E-state index in [1.54, 1.807) is 30.7 Å². The fourth-order valence-corrected chi connectivity index (χ4v) is 5.94. The van der Waals surface area contributed by atoms with Gasteiger partial charge in [0.2, 0.25) is 11.8 Å². The lowest BCUT2D eigenvalue weighted by Gasteiger charge is -2.37. The molecule has 0 spiro atoms. The third kappa shape index (κ3) is 5.77. The fourth-order valence-electron chi connectivity index (χ4n) is 5.94. The summed E-state index contributed by atoms with van der Waals surface area (Å²) in [6, 6.07) is 6.51. The van der Waals surface area contributed by atoms with Gasteiger partial charge < -0.3 is 14.4 Å². The van der Waals surface area contributed by atoms with E-state index >= 15 is 0 Å². The second-order valence-corrected chi connectivity index (χ2v) is 10.9. The molecule has 4 aromatic rings. The zero-order chi connectivity index (χ0) is 27.5. The lowest BCUT2D eigenvalue weighted by molar-refractivity contribution is -0.124. The largest absolute Gasteiger partial charge is 0.445 e. The molecule has 2 fully saturated rings. The highest BCUT2D eigenvalue weighted by atomic mass is 16.3. The molecule has 4 heterocycles. The van der Waals surface area contributed by atoms with Gasteiger partial charge >= 0.3 is 0 Å². The Labute approximate surface area is 233 Å². The van der Waals surface area contributed by atoms with Crippen LogP contribution in [0.15, 0.2) is 53.7 Å². The summed E-state index contributed by atoms with van der Waals surface area (Å²) in [6.07, 6.45) is 16.3. The third-order valence-corrected chi connectivity index (χ3v) is 8.18. The Hall–Kier alpha value is -4.05. The topological polar surface area (TPSA) is 113 Å². The maximum atomic E-state index is 13.9. The van der Waals surface area contributed by atoms with Crippen LogP contribution in [-0.2, 0) is 11.8 Å². The molecule has 1 aliphatic heterocycles. The minimum atomic E-state index is -0.425. The smallest absolute Gasteiger partial charge is 0.231 e. The first kappa shape index (κ1) is 26.2. The molecule has 2 aliphatic rings. The number of fused-ring (bicyclic) bond motifs is 1. The number of anilines is 2. The monoisotopic (exact) mass is 541 g/mol. The number of rotatable bonds is 7. The highest BCUT2D eigenvalue weighted by Gasteiger charge is 2.33. The van der Waals surface area contributed by atoms with Gasteiger partial charge in [0.05, 0.1) is 42.1 Å². The summed E-state index contributed by atoms with van der Waals surface area (Å²) in [7, 11) is 1.96. The van der Waals surface area contributed by atoms with Gasteiger partial charge in [-0.1, -0.05) is 6.42 Å². The average Bonchev–Trinajstić information content (AvgIpc) is 3.64. The van der Waals surface area contributed by atoms with Crippen molar-refractivity contribution in [2.75, 3.05) is 29.4 Å². The number of carbonyl (C=O) groups is 1. The van der Waals surface area contributed by atoms with Crippen LogP contribution in [0.5, 0.6) is 0 Å². The van der Waals surface area contributed by atoms with Crippen LogP contribution < -0.4 is 9.80 Å². The number of nitrogens with zero attached hydrogens (tertiary/aromatic N) is 7. The Kier molecular flexibility index (Phi) is 7.59. The van der Waals surface area contributed by atoms with Crippen LogP contribution in [0.25, 0.3) is 23.1 Å². The molecule has 1 amide bonds. The standard InChI is InChI=1S/C30H35N7O3/c1-35-27-7-6-25(15-23(27)17-33-35)36-12-9-21(10-13-36)20-37(30(39)22-3-2-4-26(38)16-22)28-19-31-18-24(34-28)5-8-29-32-11-14-40-29/h5-8,11,14-15,17-19,21-22,26,38H,2-4,9-10,12-13,16,20H2,1H3. The molecule has 10 heteroatoms. The molecule has 10 nitrogen and oxygen atoms in total. The van der Waals surface area contributed by atoms with Crippen LogP contribution in [0.2, 0.25) is 0 Å². The van der Waals surface area contributed by atoms with Gasteiger partial charge in [-0.3, -0.25) is 19.4 Å². The molecule has 1 saturated heterocycles. The number of amides is 1. The predicted octanol–water partition coefficient (Wildman–Crippen LogP) is 4.32. The second-order valence-electron chi connectivity index (χ2n) is 10.9. The number of oxazole rings is 1. The lowest BCUT2D eigenvalue weighted by Crippen LogP contribution is -2.44. The van der Waals surface area contributed by atoms with Gasteiger partial charge in [-0.05, 0) is 62.3 Å². The number of hydrogen-bond acceptors (Lipinski definition) is 8. The summed E-state index contributed by atoms with van der Waals surface area (Å²) < 4.78 is 7.17. The molecular weight excluding hydrogens is 506 g/mol. The Bertz CT molecular complexity index is 1470. The SMILES string of the molecule is Cn1ncc2cc(N3CCC(CN(C(=O)C4CCCC(O)C4)c4cncc(C=Cc5ncco5)n4)CC3)ccc21. The normalized spacial score (nSPS) is 20.4. The number of aliphatic hydroxyl groups is 1. The maximum Gasteiger partial charge on any atom is 0.231 e. The van der Waals surface area contributed by atoms with Crippen LogP contribution in [-0.4, -0.2) is 61.5 Å². The molecule has 6 rings (SSSR count). The number of aromatic nitrogens is 5. The van der Waals surface area contributed by atoms with Crippen molar-refractivity contribution >= 4 is 40.5 Å². The summed E-state index contributed by atoms with van der Waals surface area (Å²) in [6.45, 7) is 2.43. The van der Waals surface area contributed by atoms with E-state index in [1.165, 1.54) is 12.0 Å². The van der Waals surface area contributed by atoms with Crippen LogP contribution in [0.4, 0.5) is 11.5 Å². The summed E-state index contributed by atoms with van der Waals surface area (Å²) in [4.78, 5) is 31.4. The highest BCUT2D eigenvalue weighted by Crippen LogP contribution is 2.31. The molecule has 0 bridgehead atoms. The number of benzene rings is 1. The molecular formula is C30H35N7O3. The minimum absolute atomic E-state index is 0.0336.